The molecule has 0 aromatic heterocycles. The van der Waals surface area contributed by atoms with Crippen LogP contribution in [0.5, 0.6) is 0 Å². The van der Waals surface area contributed by atoms with Gasteiger partial charge in [-0.25, -0.2) is 0 Å². The standard InChI is InChI=1S/C78H48/c1-8-24-49(25-9-1)59-44-45-64-74-60(59)39-23-41-63(74)75-69(51-28-12-3-13-29-51)65-47-56(42-43-61(65)68(76(64)75)50-26-10-2-11-27-50)58-46-57-38-22-40-62-67(57)66(48-58)78-73(55-36-20-7-21-37-55)71(53-32-16-5-17-33-53)70(52-30-14-4-15-31-52)72(77(62)78)54-34-18-6-19-35-54/h1-48H. The molecule has 0 nitrogen and oxygen atoms in total. The average molecular weight is 985 g/mol. The van der Waals surface area contributed by atoms with E-state index >= 15 is 0 Å². The van der Waals surface area contributed by atoms with Crippen LogP contribution in [0.1, 0.15) is 0 Å². The van der Waals surface area contributed by atoms with Crippen molar-refractivity contribution in [1.29, 1.82) is 0 Å². The van der Waals surface area contributed by atoms with E-state index < -0.39 is 0 Å². The zero-order chi connectivity index (χ0) is 51.3. The van der Waals surface area contributed by atoms with Crippen LogP contribution in [-0.2, 0) is 0 Å². The molecule has 14 aromatic rings. The van der Waals surface area contributed by atoms with Crippen molar-refractivity contribution >= 4 is 32.3 Å². The highest BCUT2D eigenvalue weighted by molar-refractivity contribution is 6.30. The second-order valence-electron chi connectivity index (χ2n) is 20.9. The predicted molar refractivity (Wildman–Crippen MR) is 331 cm³/mol. The Morgan fingerprint density at radius 1 is 0.141 bits per heavy atom. The Labute approximate surface area is 454 Å². The third-order valence-corrected chi connectivity index (χ3v) is 16.7. The Hall–Kier alpha value is -10.1. The zero-order valence-corrected chi connectivity index (χ0v) is 42.7. The smallest absolute Gasteiger partial charge is 0.000697 e. The average Bonchev–Trinajstić information content (AvgIpc) is 3.58. The Balaban J connectivity index is 1.02. The van der Waals surface area contributed by atoms with E-state index in [-0.39, 0.29) is 0 Å². The van der Waals surface area contributed by atoms with Gasteiger partial charge in [-0.05, 0) is 184 Å². The minimum absolute atomic E-state index is 1.18. The molecule has 0 aliphatic heterocycles. The van der Waals surface area contributed by atoms with E-state index in [1.807, 2.05) is 0 Å². The molecule has 0 radical (unpaired) electrons. The molecule has 360 valence electrons. The van der Waals surface area contributed by atoms with Gasteiger partial charge in [0.25, 0.3) is 0 Å². The van der Waals surface area contributed by atoms with E-state index in [0.717, 1.165) is 0 Å². The first-order valence-electron chi connectivity index (χ1n) is 27.2. The highest BCUT2D eigenvalue weighted by Gasteiger charge is 2.35. The van der Waals surface area contributed by atoms with Crippen molar-refractivity contribution in [2.45, 2.75) is 0 Å². The second-order valence-corrected chi connectivity index (χ2v) is 20.9. The third-order valence-electron chi connectivity index (χ3n) is 16.7. The highest BCUT2D eigenvalue weighted by Crippen LogP contribution is 2.63. The molecule has 0 fully saturated rings. The van der Waals surface area contributed by atoms with Gasteiger partial charge in [0, 0.05) is 0 Å². The van der Waals surface area contributed by atoms with Crippen molar-refractivity contribution in [1.82, 2.24) is 0 Å². The summed E-state index contributed by atoms with van der Waals surface area (Å²) < 4.78 is 0. The van der Waals surface area contributed by atoms with Crippen molar-refractivity contribution in [3.63, 3.8) is 0 Å². The predicted octanol–water partition coefficient (Wildman–Crippen LogP) is 21.8. The summed E-state index contributed by atoms with van der Waals surface area (Å²) in [6.45, 7) is 0. The Bertz CT molecular complexity index is 4700. The van der Waals surface area contributed by atoms with Gasteiger partial charge in [0.2, 0.25) is 0 Å². The molecule has 16 rings (SSSR count). The summed E-state index contributed by atoms with van der Waals surface area (Å²) in [5, 5.41) is 7.61. The fourth-order valence-corrected chi connectivity index (χ4v) is 13.6. The van der Waals surface area contributed by atoms with Crippen molar-refractivity contribution < 1.29 is 0 Å². The molecular formula is C78H48. The Kier molecular flexibility index (Phi) is 10.0. The summed E-state index contributed by atoms with van der Waals surface area (Å²) in [5.41, 5.74) is 29.9. The molecule has 0 N–H and O–H groups in total. The summed E-state index contributed by atoms with van der Waals surface area (Å²) in [5.74, 6) is 0. The van der Waals surface area contributed by atoms with E-state index in [2.05, 4.69) is 291 Å². The van der Waals surface area contributed by atoms with Crippen molar-refractivity contribution in [3.05, 3.63) is 291 Å². The molecule has 14 aromatic carbocycles. The SMILES string of the molecule is c1ccc(-c2c(-c3ccccc3)c(-c3ccccc3)c3c(c2-c2ccccc2)-c2cccc4cc(-c5ccc6c(-c7ccccc7)c7c(c(-c8ccccc8)c6c5)-c5cccc6c(-c8ccccc8)ccc-7c56)cc-3c24)cc1. The van der Waals surface area contributed by atoms with Crippen LogP contribution >= 0.6 is 0 Å². The molecule has 0 saturated carbocycles. The maximum atomic E-state index is 2.52. The topological polar surface area (TPSA) is 0 Å². The van der Waals surface area contributed by atoms with Crippen LogP contribution in [0.3, 0.4) is 0 Å². The molecule has 78 heavy (non-hydrogen) atoms. The van der Waals surface area contributed by atoms with Crippen LogP contribution in [0, 0.1) is 0 Å². The first-order valence-corrected chi connectivity index (χ1v) is 27.2. The Morgan fingerprint density at radius 2 is 0.513 bits per heavy atom. The van der Waals surface area contributed by atoms with Crippen molar-refractivity contribution in [3.8, 4) is 134 Å². The monoisotopic (exact) mass is 984 g/mol. The molecule has 2 aliphatic rings. The van der Waals surface area contributed by atoms with E-state index in [4.69, 9.17) is 0 Å². The summed E-state index contributed by atoms with van der Waals surface area (Å²) in [7, 11) is 0. The summed E-state index contributed by atoms with van der Waals surface area (Å²) in [6, 6.07) is 108. The first-order chi connectivity index (χ1) is 38.8. The number of rotatable bonds is 8. The van der Waals surface area contributed by atoms with E-state index in [0.29, 0.717) is 0 Å². The van der Waals surface area contributed by atoms with Crippen molar-refractivity contribution in [2.24, 2.45) is 0 Å². The van der Waals surface area contributed by atoms with Crippen LogP contribution in [0.15, 0.2) is 291 Å². The van der Waals surface area contributed by atoms with Crippen LogP contribution < -0.4 is 0 Å². The lowest BCUT2D eigenvalue weighted by Gasteiger charge is -2.26. The minimum Gasteiger partial charge on any atom is -0.0622 e. The molecular weight excluding hydrogens is 937 g/mol. The lowest BCUT2D eigenvalue weighted by Crippen LogP contribution is -1.99. The molecule has 0 heterocycles. The van der Waals surface area contributed by atoms with Gasteiger partial charge in [-0.1, -0.05) is 273 Å². The lowest BCUT2D eigenvalue weighted by molar-refractivity contribution is 1.54. The minimum atomic E-state index is 1.18. The lowest BCUT2D eigenvalue weighted by atomic mass is 9.76. The molecule has 0 heteroatoms. The number of benzene rings is 14. The van der Waals surface area contributed by atoms with Gasteiger partial charge >= 0.3 is 0 Å². The van der Waals surface area contributed by atoms with Crippen LogP contribution in [0.2, 0.25) is 0 Å². The van der Waals surface area contributed by atoms with Crippen molar-refractivity contribution in [2.75, 3.05) is 0 Å². The fraction of sp³-hybridized carbons (Fsp3) is 0. The first kappa shape index (κ1) is 44.2. The molecule has 0 unspecified atom stereocenters. The molecule has 0 amide bonds. The van der Waals surface area contributed by atoms with Gasteiger partial charge in [-0.2, -0.15) is 0 Å². The number of hydrogen-bond acceptors (Lipinski definition) is 0. The van der Waals surface area contributed by atoms with E-state index in [1.54, 1.807) is 0 Å². The molecule has 0 atom stereocenters. The number of hydrogen-bond donors (Lipinski definition) is 0. The van der Waals surface area contributed by atoms with E-state index in [1.165, 1.54) is 166 Å². The van der Waals surface area contributed by atoms with Gasteiger partial charge < -0.3 is 0 Å². The van der Waals surface area contributed by atoms with Gasteiger partial charge in [-0.15, -0.1) is 0 Å². The maximum absolute atomic E-state index is 2.52. The fourth-order valence-electron chi connectivity index (χ4n) is 13.6. The third kappa shape index (κ3) is 6.67. The van der Waals surface area contributed by atoms with Crippen LogP contribution in [-0.4, -0.2) is 0 Å². The van der Waals surface area contributed by atoms with Gasteiger partial charge in [0.05, 0.1) is 0 Å². The number of fused-ring (bicyclic) bond motifs is 7. The molecule has 0 saturated heterocycles. The van der Waals surface area contributed by atoms with Gasteiger partial charge in [0.15, 0.2) is 0 Å². The second kappa shape index (κ2) is 17.7. The normalized spacial score (nSPS) is 11.8. The molecule has 2 aliphatic carbocycles. The maximum Gasteiger partial charge on any atom is -0.000697 e. The molecule has 0 bridgehead atoms. The van der Waals surface area contributed by atoms with Crippen LogP contribution in [0.4, 0.5) is 0 Å². The summed E-state index contributed by atoms with van der Waals surface area (Å²) in [4.78, 5) is 0. The quantitative estimate of drug-likeness (QED) is 0.142. The molecule has 0 spiro atoms. The van der Waals surface area contributed by atoms with Crippen LogP contribution in [0.25, 0.3) is 166 Å². The van der Waals surface area contributed by atoms with Gasteiger partial charge in [0.1, 0.15) is 0 Å². The largest absolute Gasteiger partial charge is 0.0622 e. The summed E-state index contributed by atoms with van der Waals surface area (Å²) in [6.07, 6.45) is 0. The highest BCUT2D eigenvalue weighted by atomic mass is 14.4. The zero-order valence-electron chi connectivity index (χ0n) is 42.7. The summed E-state index contributed by atoms with van der Waals surface area (Å²) >= 11 is 0. The van der Waals surface area contributed by atoms with Gasteiger partial charge in [-0.3, -0.25) is 0 Å². The van der Waals surface area contributed by atoms with E-state index in [9.17, 15) is 0 Å². The Morgan fingerprint density at radius 3 is 1.01 bits per heavy atom.